The Morgan fingerprint density at radius 1 is 1.52 bits per heavy atom. The van der Waals surface area contributed by atoms with E-state index in [9.17, 15) is 9.59 Å². The molecule has 1 aliphatic rings. The maximum Gasteiger partial charge on any atom is 0.249 e. The molecule has 7 heteroatoms. The third kappa shape index (κ3) is 3.39. The van der Waals surface area contributed by atoms with E-state index >= 15 is 0 Å². The molecule has 0 aromatic carbocycles. The van der Waals surface area contributed by atoms with Crippen LogP contribution < -0.4 is 10.2 Å². The van der Waals surface area contributed by atoms with Gasteiger partial charge in [-0.25, -0.2) is 4.98 Å². The number of anilines is 1. The molecular formula is C16H19N5O2. The van der Waals surface area contributed by atoms with E-state index < -0.39 is 6.04 Å². The lowest BCUT2D eigenvalue weighted by Gasteiger charge is -2.32. The molecule has 2 amide bonds. The Morgan fingerprint density at radius 3 is 3.09 bits per heavy atom. The molecule has 0 aliphatic carbocycles. The van der Waals surface area contributed by atoms with Crippen molar-refractivity contribution in [2.45, 2.75) is 32.2 Å². The van der Waals surface area contributed by atoms with Crippen LogP contribution in [0.25, 0.3) is 0 Å². The molecule has 2 aromatic heterocycles. The molecule has 23 heavy (non-hydrogen) atoms. The van der Waals surface area contributed by atoms with Crippen LogP contribution in [-0.2, 0) is 16.0 Å². The number of aryl methyl sites for hydroxylation is 1. The first-order chi connectivity index (χ1) is 11.1. The summed E-state index contributed by atoms with van der Waals surface area (Å²) >= 11 is 0. The van der Waals surface area contributed by atoms with Crippen LogP contribution >= 0.6 is 0 Å². The van der Waals surface area contributed by atoms with Crippen molar-refractivity contribution in [1.82, 2.24) is 20.3 Å². The fourth-order valence-corrected chi connectivity index (χ4v) is 2.74. The quantitative estimate of drug-likeness (QED) is 0.880. The van der Waals surface area contributed by atoms with Crippen LogP contribution in [0, 0.1) is 6.92 Å². The number of piperidine rings is 1. The van der Waals surface area contributed by atoms with Gasteiger partial charge in [-0.3, -0.25) is 14.6 Å². The van der Waals surface area contributed by atoms with Crippen LogP contribution in [0.2, 0.25) is 0 Å². The fraction of sp³-hybridized carbons (Fsp3) is 0.375. The zero-order chi connectivity index (χ0) is 16.2. The van der Waals surface area contributed by atoms with E-state index in [0.717, 1.165) is 17.8 Å². The van der Waals surface area contributed by atoms with Crippen molar-refractivity contribution in [2.24, 2.45) is 0 Å². The molecule has 1 aliphatic heterocycles. The number of hydrogen-bond donors (Lipinski definition) is 2. The first-order valence-corrected chi connectivity index (χ1v) is 7.65. The van der Waals surface area contributed by atoms with Crippen molar-refractivity contribution in [2.75, 3.05) is 11.4 Å². The maximum atomic E-state index is 12.6. The van der Waals surface area contributed by atoms with Crippen molar-refractivity contribution >= 4 is 17.5 Å². The molecule has 0 saturated carbocycles. The van der Waals surface area contributed by atoms with Gasteiger partial charge in [0.05, 0.1) is 30.3 Å². The summed E-state index contributed by atoms with van der Waals surface area (Å²) in [5.74, 6) is -0.275. The van der Waals surface area contributed by atoms with Gasteiger partial charge in [-0.05, 0) is 31.9 Å². The Balaban J connectivity index is 1.65. The summed E-state index contributed by atoms with van der Waals surface area (Å²) in [4.78, 5) is 37.5. The number of carbonyl (C=O) groups excluding carboxylic acids is 2. The molecule has 1 atom stereocenters. The van der Waals surface area contributed by atoms with Crippen molar-refractivity contribution in [1.29, 1.82) is 0 Å². The number of aromatic nitrogens is 3. The van der Waals surface area contributed by atoms with Gasteiger partial charge in [0.25, 0.3) is 0 Å². The molecule has 2 N–H and O–H groups in total. The topological polar surface area (TPSA) is 91.0 Å². The molecule has 120 valence electrons. The highest BCUT2D eigenvalue weighted by molar-refractivity contribution is 5.99. The van der Waals surface area contributed by atoms with E-state index in [1.165, 1.54) is 0 Å². The largest absolute Gasteiger partial charge is 0.348 e. The van der Waals surface area contributed by atoms with Crippen molar-refractivity contribution in [3.8, 4) is 0 Å². The predicted molar refractivity (Wildman–Crippen MR) is 84.8 cm³/mol. The minimum Gasteiger partial charge on any atom is -0.348 e. The average molecular weight is 313 g/mol. The van der Waals surface area contributed by atoms with Crippen molar-refractivity contribution < 1.29 is 9.59 Å². The van der Waals surface area contributed by atoms with E-state index in [1.807, 2.05) is 13.0 Å². The molecule has 0 bridgehead atoms. The first-order valence-electron chi connectivity index (χ1n) is 7.65. The molecule has 7 nitrogen and oxygen atoms in total. The highest BCUT2D eigenvalue weighted by Crippen LogP contribution is 2.20. The summed E-state index contributed by atoms with van der Waals surface area (Å²) in [6.45, 7) is 2.51. The molecule has 1 fully saturated rings. The van der Waals surface area contributed by atoms with E-state index in [0.29, 0.717) is 18.7 Å². The molecule has 2 aromatic rings. The number of H-pyrrole nitrogens is 1. The van der Waals surface area contributed by atoms with E-state index in [4.69, 9.17) is 0 Å². The number of hydrogen-bond acceptors (Lipinski definition) is 4. The van der Waals surface area contributed by atoms with Crippen LogP contribution in [0.3, 0.4) is 0 Å². The van der Waals surface area contributed by atoms with Gasteiger partial charge in [-0.1, -0.05) is 0 Å². The number of nitrogens with zero attached hydrogens (tertiary/aromatic N) is 3. The van der Waals surface area contributed by atoms with E-state index in [2.05, 4.69) is 20.3 Å². The normalized spacial score (nSPS) is 18.0. The Kier molecular flexibility index (Phi) is 4.36. The van der Waals surface area contributed by atoms with Crippen molar-refractivity contribution in [3.05, 3.63) is 42.2 Å². The lowest BCUT2D eigenvalue weighted by Crippen LogP contribution is -2.52. The lowest BCUT2D eigenvalue weighted by molar-refractivity contribution is -0.128. The predicted octanol–water partition coefficient (Wildman–Crippen LogP) is 0.967. The first kappa shape index (κ1) is 15.2. The SMILES string of the molecule is Cc1[nH]cnc1CC(=O)NC1CCCN(c2cccnc2)C1=O. The highest BCUT2D eigenvalue weighted by Gasteiger charge is 2.30. The fourth-order valence-electron chi connectivity index (χ4n) is 2.74. The second-order valence-electron chi connectivity index (χ2n) is 5.61. The second kappa shape index (κ2) is 6.60. The van der Waals surface area contributed by atoms with Gasteiger partial charge in [0.2, 0.25) is 11.8 Å². The zero-order valence-corrected chi connectivity index (χ0v) is 13.0. The van der Waals surface area contributed by atoms with Crippen LogP contribution in [0.1, 0.15) is 24.2 Å². The number of carbonyl (C=O) groups is 2. The van der Waals surface area contributed by atoms with Gasteiger partial charge in [0, 0.05) is 18.4 Å². The number of aromatic amines is 1. The summed E-state index contributed by atoms with van der Waals surface area (Å²) in [5.41, 5.74) is 2.33. The number of imidazole rings is 1. The Morgan fingerprint density at radius 2 is 2.39 bits per heavy atom. The number of amides is 2. The molecule has 0 spiro atoms. The van der Waals surface area contributed by atoms with E-state index in [1.54, 1.807) is 29.7 Å². The van der Waals surface area contributed by atoms with Gasteiger partial charge < -0.3 is 15.2 Å². The Labute approximate surface area is 134 Å². The zero-order valence-electron chi connectivity index (χ0n) is 13.0. The number of nitrogens with one attached hydrogen (secondary N) is 2. The van der Waals surface area contributed by atoms with Gasteiger partial charge >= 0.3 is 0 Å². The molecule has 1 unspecified atom stereocenters. The minimum absolute atomic E-state index is 0.0867. The summed E-state index contributed by atoms with van der Waals surface area (Å²) in [6.07, 6.45) is 6.56. The molecule has 3 rings (SSSR count). The highest BCUT2D eigenvalue weighted by atomic mass is 16.2. The minimum atomic E-state index is -0.490. The van der Waals surface area contributed by atoms with Crippen molar-refractivity contribution in [3.63, 3.8) is 0 Å². The average Bonchev–Trinajstić information content (AvgIpc) is 2.95. The van der Waals surface area contributed by atoms with Gasteiger partial charge in [-0.2, -0.15) is 0 Å². The van der Waals surface area contributed by atoms with Crippen LogP contribution in [0.15, 0.2) is 30.9 Å². The maximum absolute atomic E-state index is 12.6. The smallest absolute Gasteiger partial charge is 0.249 e. The van der Waals surface area contributed by atoms with E-state index in [-0.39, 0.29) is 18.2 Å². The van der Waals surface area contributed by atoms with Crippen LogP contribution in [0.5, 0.6) is 0 Å². The number of pyridine rings is 1. The van der Waals surface area contributed by atoms with Gasteiger partial charge in [-0.15, -0.1) is 0 Å². The summed E-state index contributed by atoms with van der Waals surface area (Å²) in [5, 5.41) is 2.83. The van der Waals surface area contributed by atoms with Crippen LogP contribution in [0.4, 0.5) is 5.69 Å². The molecule has 3 heterocycles. The van der Waals surface area contributed by atoms with Crippen LogP contribution in [-0.4, -0.2) is 39.4 Å². The Bertz CT molecular complexity index is 698. The third-order valence-corrected chi connectivity index (χ3v) is 3.99. The third-order valence-electron chi connectivity index (χ3n) is 3.99. The number of rotatable bonds is 4. The lowest BCUT2D eigenvalue weighted by atomic mass is 10.0. The molecular weight excluding hydrogens is 294 g/mol. The Hall–Kier alpha value is -2.70. The second-order valence-corrected chi connectivity index (χ2v) is 5.61. The summed E-state index contributed by atoms with van der Waals surface area (Å²) in [6, 6.07) is 3.16. The van der Waals surface area contributed by atoms with Gasteiger partial charge in [0.15, 0.2) is 0 Å². The molecule has 1 saturated heterocycles. The monoisotopic (exact) mass is 313 g/mol. The molecule has 0 radical (unpaired) electrons. The van der Waals surface area contributed by atoms with Gasteiger partial charge in [0.1, 0.15) is 6.04 Å². The summed E-state index contributed by atoms with van der Waals surface area (Å²) in [7, 11) is 0. The summed E-state index contributed by atoms with van der Waals surface area (Å²) < 4.78 is 0. The standard InChI is InChI=1S/C16H19N5O2/c1-11-14(19-10-18-11)8-15(22)20-13-5-3-7-21(16(13)23)12-4-2-6-17-9-12/h2,4,6,9-10,13H,3,5,7-8H2,1H3,(H,18,19)(H,20,22).